The van der Waals surface area contributed by atoms with Crippen LogP contribution < -0.4 is 10.1 Å². The first-order valence-corrected chi connectivity index (χ1v) is 8.43. The third-order valence-corrected chi connectivity index (χ3v) is 4.88. The normalized spacial score (nSPS) is 10.4. The number of carbonyl (C=O) groups excluding carboxylic acids is 1. The van der Waals surface area contributed by atoms with E-state index in [1.165, 1.54) is 18.4 Å². The summed E-state index contributed by atoms with van der Waals surface area (Å²) in [6, 6.07) is 4.88. The van der Waals surface area contributed by atoms with Crippen LogP contribution in [0.1, 0.15) is 23.7 Å². The van der Waals surface area contributed by atoms with Gasteiger partial charge in [-0.05, 0) is 24.6 Å². The largest absolute Gasteiger partial charge is 0.496 e. The van der Waals surface area contributed by atoms with Gasteiger partial charge in [0, 0.05) is 10.8 Å². The molecule has 21 heavy (non-hydrogen) atoms. The van der Waals surface area contributed by atoms with E-state index in [2.05, 4.69) is 22.4 Å². The number of hydrogen-bond acceptors (Lipinski definition) is 6. The van der Waals surface area contributed by atoms with E-state index in [4.69, 9.17) is 16.3 Å². The second-order valence-electron chi connectivity index (χ2n) is 4.02. The van der Waals surface area contributed by atoms with Crippen molar-refractivity contribution < 1.29 is 9.53 Å². The number of thioether (sulfide) groups is 1. The summed E-state index contributed by atoms with van der Waals surface area (Å²) < 4.78 is 6.00. The van der Waals surface area contributed by atoms with E-state index in [0.29, 0.717) is 21.5 Å². The molecule has 1 N–H and O–H groups in total. The van der Waals surface area contributed by atoms with Crippen molar-refractivity contribution in [1.82, 2.24) is 10.2 Å². The first-order chi connectivity index (χ1) is 10.1. The van der Waals surface area contributed by atoms with Gasteiger partial charge in [0.15, 0.2) is 4.34 Å². The Hall–Kier alpha value is -1.31. The fourth-order valence-corrected chi connectivity index (χ4v) is 3.37. The minimum absolute atomic E-state index is 0.322. The zero-order chi connectivity index (χ0) is 15.2. The minimum atomic E-state index is -0.322. The number of methoxy groups -OCH3 is 1. The Balaban J connectivity index is 2.10. The summed E-state index contributed by atoms with van der Waals surface area (Å²) in [7, 11) is 1.50. The summed E-state index contributed by atoms with van der Waals surface area (Å²) in [5.74, 6) is 1.12. The lowest BCUT2D eigenvalue weighted by Gasteiger charge is -2.07. The van der Waals surface area contributed by atoms with E-state index in [1.54, 1.807) is 30.0 Å². The predicted octanol–water partition coefficient (Wildman–Crippen LogP) is 3.95. The molecule has 0 aliphatic heterocycles. The molecule has 0 saturated carbocycles. The van der Waals surface area contributed by atoms with E-state index in [1.807, 2.05) is 0 Å². The average molecular weight is 344 g/mol. The Morgan fingerprint density at radius 1 is 1.48 bits per heavy atom. The fraction of sp³-hybridized carbons (Fsp3) is 0.308. The SMILES string of the molecule is CCCSc1nnc(NC(=O)c2cc(Cl)ccc2OC)s1. The van der Waals surface area contributed by atoms with Crippen LogP contribution in [0.4, 0.5) is 5.13 Å². The van der Waals surface area contributed by atoms with E-state index < -0.39 is 0 Å². The van der Waals surface area contributed by atoms with Gasteiger partial charge in [0.05, 0.1) is 12.7 Å². The van der Waals surface area contributed by atoms with Gasteiger partial charge in [0.25, 0.3) is 5.91 Å². The van der Waals surface area contributed by atoms with Gasteiger partial charge in [0.2, 0.25) is 5.13 Å². The van der Waals surface area contributed by atoms with Crippen molar-refractivity contribution in [2.24, 2.45) is 0 Å². The maximum Gasteiger partial charge on any atom is 0.261 e. The molecule has 1 amide bonds. The molecule has 0 radical (unpaired) electrons. The molecule has 0 aliphatic carbocycles. The molecular formula is C13H14ClN3O2S2. The van der Waals surface area contributed by atoms with Crippen LogP contribution in [0.3, 0.4) is 0 Å². The quantitative estimate of drug-likeness (QED) is 0.635. The average Bonchev–Trinajstić information content (AvgIpc) is 2.92. The van der Waals surface area contributed by atoms with E-state index in [-0.39, 0.29) is 5.91 Å². The van der Waals surface area contributed by atoms with Crippen molar-refractivity contribution in [3.63, 3.8) is 0 Å². The molecular weight excluding hydrogens is 330 g/mol. The topological polar surface area (TPSA) is 64.1 Å². The van der Waals surface area contributed by atoms with Crippen molar-refractivity contribution in [2.75, 3.05) is 18.2 Å². The molecule has 112 valence electrons. The maximum atomic E-state index is 12.3. The number of aromatic nitrogens is 2. The summed E-state index contributed by atoms with van der Waals surface area (Å²) >= 11 is 8.89. The van der Waals surface area contributed by atoms with Crippen LogP contribution in [-0.4, -0.2) is 29.0 Å². The molecule has 0 bridgehead atoms. The molecule has 0 fully saturated rings. The predicted molar refractivity (Wildman–Crippen MR) is 86.9 cm³/mol. The van der Waals surface area contributed by atoms with Crippen LogP contribution in [0.25, 0.3) is 0 Å². The zero-order valence-corrected chi connectivity index (χ0v) is 13.9. The van der Waals surface area contributed by atoms with Crippen LogP contribution >= 0.6 is 34.7 Å². The van der Waals surface area contributed by atoms with Crippen molar-refractivity contribution in [3.05, 3.63) is 28.8 Å². The number of rotatable bonds is 6. The summed E-state index contributed by atoms with van der Waals surface area (Å²) in [5, 5.41) is 11.6. The summed E-state index contributed by atoms with van der Waals surface area (Å²) in [6.45, 7) is 2.10. The minimum Gasteiger partial charge on any atom is -0.496 e. The van der Waals surface area contributed by atoms with Crippen molar-refractivity contribution in [2.45, 2.75) is 17.7 Å². The number of ether oxygens (including phenoxy) is 1. The number of hydrogen-bond donors (Lipinski definition) is 1. The first-order valence-electron chi connectivity index (χ1n) is 6.25. The first kappa shape index (κ1) is 16.1. The Bertz CT molecular complexity index is 634. The van der Waals surface area contributed by atoms with Crippen LogP contribution in [0.15, 0.2) is 22.5 Å². The third kappa shape index (κ3) is 4.33. The van der Waals surface area contributed by atoms with Crippen LogP contribution in [0, 0.1) is 0 Å². The second kappa shape index (κ2) is 7.63. The lowest BCUT2D eigenvalue weighted by Crippen LogP contribution is -2.13. The highest BCUT2D eigenvalue weighted by Crippen LogP contribution is 2.28. The van der Waals surface area contributed by atoms with E-state index >= 15 is 0 Å². The lowest BCUT2D eigenvalue weighted by atomic mass is 10.2. The van der Waals surface area contributed by atoms with Gasteiger partial charge in [-0.1, -0.05) is 41.6 Å². The van der Waals surface area contributed by atoms with Crippen molar-refractivity contribution >= 4 is 45.7 Å². The highest BCUT2D eigenvalue weighted by molar-refractivity contribution is 8.01. The molecule has 8 heteroatoms. The standard InChI is InChI=1S/C13H14ClN3O2S2/c1-3-6-20-13-17-16-12(21-13)15-11(18)9-7-8(14)4-5-10(9)19-2/h4-5,7H,3,6H2,1-2H3,(H,15,16,18). The smallest absolute Gasteiger partial charge is 0.261 e. The summed E-state index contributed by atoms with van der Waals surface area (Å²) in [6.07, 6.45) is 1.06. The van der Waals surface area contributed by atoms with Gasteiger partial charge in [-0.2, -0.15) is 0 Å². The lowest BCUT2D eigenvalue weighted by molar-refractivity contribution is 0.102. The van der Waals surface area contributed by atoms with E-state index in [0.717, 1.165) is 16.5 Å². The monoisotopic (exact) mass is 343 g/mol. The number of anilines is 1. The molecule has 0 spiro atoms. The molecule has 2 aromatic rings. The molecule has 1 aromatic heterocycles. The van der Waals surface area contributed by atoms with Gasteiger partial charge in [-0.3, -0.25) is 10.1 Å². The number of nitrogens with zero attached hydrogens (tertiary/aromatic N) is 2. The summed E-state index contributed by atoms with van der Waals surface area (Å²) in [4.78, 5) is 12.3. The van der Waals surface area contributed by atoms with Crippen LogP contribution in [-0.2, 0) is 0 Å². The molecule has 0 aliphatic rings. The number of amides is 1. The molecule has 1 heterocycles. The molecule has 1 aromatic carbocycles. The number of carbonyl (C=O) groups is 1. The Labute approximate surface area is 136 Å². The van der Waals surface area contributed by atoms with Gasteiger partial charge < -0.3 is 4.74 Å². The number of halogens is 1. The van der Waals surface area contributed by atoms with Gasteiger partial charge in [-0.15, -0.1) is 10.2 Å². The zero-order valence-electron chi connectivity index (χ0n) is 11.6. The molecule has 0 unspecified atom stereocenters. The number of benzene rings is 1. The van der Waals surface area contributed by atoms with Crippen LogP contribution in [0.5, 0.6) is 5.75 Å². The van der Waals surface area contributed by atoms with Gasteiger partial charge in [-0.25, -0.2) is 0 Å². The summed E-state index contributed by atoms with van der Waals surface area (Å²) in [5.41, 5.74) is 0.364. The van der Waals surface area contributed by atoms with Crippen molar-refractivity contribution in [3.8, 4) is 5.75 Å². The second-order valence-corrected chi connectivity index (χ2v) is 6.78. The molecule has 5 nitrogen and oxygen atoms in total. The Kier molecular flexibility index (Phi) is 5.84. The fourth-order valence-electron chi connectivity index (χ4n) is 1.53. The third-order valence-electron chi connectivity index (χ3n) is 2.46. The highest BCUT2D eigenvalue weighted by atomic mass is 35.5. The molecule has 2 rings (SSSR count). The number of nitrogens with one attached hydrogen (secondary N) is 1. The molecule has 0 atom stereocenters. The molecule has 0 saturated heterocycles. The highest BCUT2D eigenvalue weighted by Gasteiger charge is 2.15. The maximum absolute atomic E-state index is 12.3. The Morgan fingerprint density at radius 2 is 2.29 bits per heavy atom. The van der Waals surface area contributed by atoms with Gasteiger partial charge >= 0.3 is 0 Å². The van der Waals surface area contributed by atoms with Crippen LogP contribution in [0.2, 0.25) is 5.02 Å². The van der Waals surface area contributed by atoms with Gasteiger partial charge in [0.1, 0.15) is 5.75 Å². The Morgan fingerprint density at radius 3 is 3.00 bits per heavy atom. The van der Waals surface area contributed by atoms with Crippen molar-refractivity contribution in [1.29, 1.82) is 0 Å². The van der Waals surface area contributed by atoms with E-state index in [9.17, 15) is 4.79 Å².